The number of fused-ring (bicyclic) bond motifs is 1. The van der Waals surface area contributed by atoms with Gasteiger partial charge in [0.15, 0.2) is 0 Å². The zero-order valence-electron chi connectivity index (χ0n) is 11.4. The predicted octanol–water partition coefficient (Wildman–Crippen LogP) is 5.50. The van der Waals surface area contributed by atoms with Crippen LogP contribution >= 0.6 is 27.5 Å². The number of rotatable bonds is 3. The molecular formula is C18H15BrClN. The monoisotopic (exact) mass is 359 g/mol. The summed E-state index contributed by atoms with van der Waals surface area (Å²) < 4.78 is 0.894. The van der Waals surface area contributed by atoms with Crippen LogP contribution in [0, 0.1) is 0 Å². The smallest absolute Gasteiger partial charge is 0.0551 e. The minimum atomic E-state index is -0.0586. The first-order valence-electron chi connectivity index (χ1n) is 6.82. The molecule has 1 nitrogen and oxygen atoms in total. The average molecular weight is 361 g/mol. The van der Waals surface area contributed by atoms with Crippen LogP contribution in [0.5, 0.6) is 0 Å². The van der Waals surface area contributed by atoms with Gasteiger partial charge < -0.3 is 5.73 Å². The van der Waals surface area contributed by atoms with Crippen molar-refractivity contribution in [3.05, 3.63) is 81.3 Å². The fourth-order valence-electron chi connectivity index (χ4n) is 2.48. The van der Waals surface area contributed by atoms with E-state index in [0.717, 1.165) is 16.5 Å². The Hall–Kier alpha value is -1.35. The van der Waals surface area contributed by atoms with Crippen molar-refractivity contribution >= 4 is 38.3 Å². The van der Waals surface area contributed by atoms with Crippen molar-refractivity contribution < 1.29 is 0 Å². The molecule has 3 heteroatoms. The molecule has 0 saturated heterocycles. The molecule has 0 radical (unpaired) electrons. The molecule has 0 spiro atoms. The van der Waals surface area contributed by atoms with Crippen LogP contribution in [0.4, 0.5) is 0 Å². The number of halogens is 2. The van der Waals surface area contributed by atoms with E-state index in [4.69, 9.17) is 17.3 Å². The second-order valence-corrected chi connectivity index (χ2v) is 6.43. The van der Waals surface area contributed by atoms with Crippen LogP contribution in [0.25, 0.3) is 10.8 Å². The van der Waals surface area contributed by atoms with E-state index < -0.39 is 0 Å². The average Bonchev–Trinajstić information content (AvgIpc) is 2.50. The molecule has 0 aliphatic heterocycles. The lowest BCUT2D eigenvalue weighted by Gasteiger charge is -2.13. The van der Waals surface area contributed by atoms with Crippen molar-refractivity contribution in [3.8, 4) is 0 Å². The van der Waals surface area contributed by atoms with Gasteiger partial charge in [-0.25, -0.2) is 0 Å². The standard InChI is InChI=1S/C18H15BrClN/c19-16-8-7-15(11-17(16)20)18(21)10-12-5-6-13-3-1-2-4-14(13)9-12/h1-9,11,18H,10,21H2. The molecule has 3 aromatic rings. The molecule has 0 fully saturated rings. The molecule has 3 rings (SSSR count). The fourth-order valence-corrected chi connectivity index (χ4v) is 2.92. The Morgan fingerprint density at radius 2 is 1.71 bits per heavy atom. The van der Waals surface area contributed by atoms with Crippen molar-refractivity contribution in [2.75, 3.05) is 0 Å². The lowest BCUT2D eigenvalue weighted by Crippen LogP contribution is -2.13. The number of benzene rings is 3. The Kier molecular flexibility index (Phi) is 4.29. The van der Waals surface area contributed by atoms with Gasteiger partial charge in [0.05, 0.1) is 5.02 Å². The van der Waals surface area contributed by atoms with E-state index in [1.807, 2.05) is 18.2 Å². The van der Waals surface area contributed by atoms with E-state index >= 15 is 0 Å². The summed E-state index contributed by atoms with van der Waals surface area (Å²) in [6.07, 6.45) is 0.794. The maximum atomic E-state index is 6.32. The molecule has 106 valence electrons. The Morgan fingerprint density at radius 3 is 2.48 bits per heavy atom. The minimum Gasteiger partial charge on any atom is -0.324 e. The van der Waals surface area contributed by atoms with E-state index in [9.17, 15) is 0 Å². The zero-order chi connectivity index (χ0) is 14.8. The van der Waals surface area contributed by atoms with Crippen molar-refractivity contribution in [1.29, 1.82) is 0 Å². The van der Waals surface area contributed by atoms with Crippen LogP contribution in [-0.2, 0) is 6.42 Å². The normalized spacial score (nSPS) is 12.5. The minimum absolute atomic E-state index is 0.0586. The summed E-state index contributed by atoms with van der Waals surface area (Å²) in [4.78, 5) is 0. The molecule has 0 heterocycles. The maximum absolute atomic E-state index is 6.32. The summed E-state index contributed by atoms with van der Waals surface area (Å²) in [5.41, 5.74) is 8.60. The van der Waals surface area contributed by atoms with Gasteiger partial charge in [-0.3, -0.25) is 0 Å². The second-order valence-electron chi connectivity index (χ2n) is 5.17. The van der Waals surface area contributed by atoms with Crippen LogP contribution in [0.1, 0.15) is 17.2 Å². The van der Waals surface area contributed by atoms with Crippen molar-refractivity contribution in [2.45, 2.75) is 12.5 Å². The molecule has 0 aromatic heterocycles. The number of nitrogens with two attached hydrogens (primary N) is 1. The van der Waals surface area contributed by atoms with E-state index in [0.29, 0.717) is 5.02 Å². The van der Waals surface area contributed by atoms with Gasteiger partial charge >= 0.3 is 0 Å². The Bertz CT molecular complexity index is 785. The summed E-state index contributed by atoms with van der Waals surface area (Å²) in [7, 11) is 0. The van der Waals surface area contributed by atoms with Crippen LogP contribution in [-0.4, -0.2) is 0 Å². The van der Waals surface area contributed by atoms with Crippen molar-refractivity contribution in [1.82, 2.24) is 0 Å². The van der Waals surface area contributed by atoms with E-state index in [2.05, 4.69) is 58.4 Å². The number of hydrogen-bond donors (Lipinski definition) is 1. The van der Waals surface area contributed by atoms with E-state index in [-0.39, 0.29) is 6.04 Å². The van der Waals surface area contributed by atoms with Gasteiger partial charge in [0.1, 0.15) is 0 Å². The van der Waals surface area contributed by atoms with Crippen molar-refractivity contribution in [2.24, 2.45) is 5.73 Å². The second kappa shape index (κ2) is 6.18. The van der Waals surface area contributed by atoms with Crippen molar-refractivity contribution in [3.63, 3.8) is 0 Å². The van der Waals surface area contributed by atoms with Crippen LogP contribution < -0.4 is 5.73 Å². The zero-order valence-corrected chi connectivity index (χ0v) is 13.7. The molecule has 0 aliphatic carbocycles. The van der Waals surface area contributed by atoms with Crippen LogP contribution in [0.15, 0.2) is 65.1 Å². The van der Waals surface area contributed by atoms with Gasteiger partial charge in [-0.15, -0.1) is 0 Å². The third-order valence-electron chi connectivity index (χ3n) is 3.64. The van der Waals surface area contributed by atoms with Gasteiger partial charge in [-0.1, -0.05) is 60.1 Å². The molecule has 3 aromatic carbocycles. The SMILES string of the molecule is NC(Cc1ccc2ccccc2c1)c1ccc(Br)c(Cl)c1. The summed E-state index contributed by atoms with van der Waals surface area (Å²) >= 11 is 9.54. The highest BCUT2D eigenvalue weighted by molar-refractivity contribution is 9.10. The molecule has 0 saturated carbocycles. The maximum Gasteiger partial charge on any atom is 0.0551 e. The highest BCUT2D eigenvalue weighted by Gasteiger charge is 2.09. The van der Waals surface area contributed by atoms with Crippen LogP contribution in [0.2, 0.25) is 5.02 Å². The Balaban J connectivity index is 1.85. The van der Waals surface area contributed by atoms with Gasteiger partial charge in [-0.2, -0.15) is 0 Å². The quantitative estimate of drug-likeness (QED) is 0.656. The van der Waals surface area contributed by atoms with E-state index in [1.165, 1.54) is 16.3 Å². The number of hydrogen-bond acceptors (Lipinski definition) is 1. The van der Waals surface area contributed by atoms with E-state index in [1.54, 1.807) is 0 Å². The third kappa shape index (κ3) is 3.29. The molecular weight excluding hydrogens is 346 g/mol. The first kappa shape index (κ1) is 14.6. The molecule has 0 aliphatic rings. The third-order valence-corrected chi connectivity index (χ3v) is 4.87. The van der Waals surface area contributed by atoms with Gasteiger partial charge in [0.25, 0.3) is 0 Å². The highest BCUT2D eigenvalue weighted by Crippen LogP contribution is 2.27. The predicted molar refractivity (Wildman–Crippen MR) is 93.7 cm³/mol. The Labute approximate surface area is 137 Å². The molecule has 1 unspecified atom stereocenters. The van der Waals surface area contributed by atoms with Gasteiger partial charge in [-0.05, 0) is 56.4 Å². The molecule has 0 amide bonds. The summed E-state index contributed by atoms with van der Waals surface area (Å²) in [5, 5.41) is 3.19. The first-order chi connectivity index (χ1) is 10.1. The summed E-state index contributed by atoms with van der Waals surface area (Å²) in [6.45, 7) is 0. The lowest BCUT2D eigenvalue weighted by molar-refractivity contribution is 0.722. The molecule has 1 atom stereocenters. The van der Waals surface area contributed by atoms with Gasteiger partial charge in [0.2, 0.25) is 0 Å². The molecule has 2 N–H and O–H groups in total. The van der Waals surface area contributed by atoms with Crippen LogP contribution in [0.3, 0.4) is 0 Å². The first-order valence-corrected chi connectivity index (χ1v) is 7.99. The molecule has 0 bridgehead atoms. The fraction of sp³-hybridized carbons (Fsp3) is 0.111. The topological polar surface area (TPSA) is 26.0 Å². The molecule has 21 heavy (non-hydrogen) atoms. The summed E-state index contributed by atoms with van der Waals surface area (Å²) in [6, 6.07) is 20.7. The van der Waals surface area contributed by atoms with Gasteiger partial charge in [0, 0.05) is 10.5 Å². The summed E-state index contributed by atoms with van der Waals surface area (Å²) in [5.74, 6) is 0. The Morgan fingerprint density at radius 1 is 0.952 bits per heavy atom. The highest BCUT2D eigenvalue weighted by atomic mass is 79.9. The lowest BCUT2D eigenvalue weighted by atomic mass is 9.98. The largest absolute Gasteiger partial charge is 0.324 e.